The number of nitrogens with zero attached hydrogens (tertiary/aromatic N) is 1. The van der Waals surface area contributed by atoms with E-state index in [9.17, 15) is 0 Å². The van der Waals surface area contributed by atoms with Gasteiger partial charge in [-0.05, 0) is 12.0 Å². The van der Waals surface area contributed by atoms with Crippen LogP contribution in [0.4, 0.5) is 0 Å². The highest BCUT2D eigenvalue weighted by atomic mass is 32.1. The van der Waals surface area contributed by atoms with E-state index in [0.29, 0.717) is 11.4 Å². The van der Waals surface area contributed by atoms with E-state index in [-0.39, 0.29) is 0 Å². The summed E-state index contributed by atoms with van der Waals surface area (Å²) in [6.45, 7) is 2.15. The summed E-state index contributed by atoms with van der Waals surface area (Å²) < 4.78 is 0. The second kappa shape index (κ2) is 5.38. The van der Waals surface area contributed by atoms with Gasteiger partial charge in [-0.2, -0.15) is 0 Å². The van der Waals surface area contributed by atoms with Crippen LogP contribution in [0.3, 0.4) is 0 Å². The second-order valence-electron chi connectivity index (χ2n) is 3.82. The molecule has 0 saturated carbocycles. The molecule has 0 bridgehead atoms. The Hall–Kier alpha value is -1.26. The van der Waals surface area contributed by atoms with Gasteiger partial charge in [0.05, 0.1) is 15.7 Å². The molecular weight excluding hydrogens is 248 g/mol. The molecule has 0 aliphatic carbocycles. The number of aromatic nitrogens is 1. The van der Waals surface area contributed by atoms with Crippen molar-refractivity contribution < 1.29 is 0 Å². The lowest BCUT2D eigenvalue weighted by Gasteiger charge is -1.99. The molecule has 0 aliphatic heterocycles. The topological polar surface area (TPSA) is 38.9 Å². The lowest BCUT2D eigenvalue weighted by molar-refractivity contribution is 1.14. The summed E-state index contributed by atoms with van der Waals surface area (Å²) in [4.78, 5) is 5.02. The fraction of sp³-hybridized carbons (Fsp3) is 0.231. The molecule has 0 fully saturated rings. The maximum Gasteiger partial charge on any atom is 0.1000 e. The molecule has 0 amide bonds. The number of aryl methyl sites for hydroxylation is 1. The van der Waals surface area contributed by atoms with Crippen molar-refractivity contribution in [2.24, 2.45) is 5.73 Å². The number of nitrogens with two attached hydrogens (primary N) is 1. The van der Waals surface area contributed by atoms with Crippen molar-refractivity contribution in [3.05, 3.63) is 40.2 Å². The first-order valence-electron chi connectivity index (χ1n) is 5.51. The van der Waals surface area contributed by atoms with Gasteiger partial charge in [0.1, 0.15) is 0 Å². The highest BCUT2D eigenvalue weighted by molar-refractivity contribution is 7.80. The van der Waals surface area contributed by atoms with Crippen LogP contribution in [0.5, 0.6) is 0 Å². The van der Waals surface area contributed by atoms with Crippen LogP contribution in [-0.2, 0) is 12.8 Å². The summed E-state index contributed by atoms with van der Waals surface area (Å²) in [7, 11) is 0. The van der Waals surface area contributed by atoms with Gasteiger partial charge in [-0.25, -0.2) is 4.98 Å². The first-order valence-corrected chi connectivity index (χ1v) is 6.80. The lowest BCUT2D eigenvalue weighted by atomic mass is 10.1. The zero-order valence-electron chi connectivity index (χ0n) is 9.64. The van der Waals surface area contributed by atoms with Gasteiger partial charge in [-0.1, -0.05) is 43.4 Å². The fourth-order valence-corrected chi connectivity index (χ4v) is 2.64. The molecule has 0 atom stereocenters. The summed E-state index contributed by atoms with van der Waals surface area (Å²) in [5, 5.41) is 3.03. The van der Waals surface area contributed by atoms with Crippen molar-refractivity contribution in [1.29, 1.82) is 0 Å². The van der Waals surface area contributed by atoms with Crippen molar-refractivity contribution >= 4 is 28.5 Å². The summed E-state index contributed by atoms with van der Waals surface area (Å²) in [5.41, 5.74) is 9.00. The molecule has 2 rings (SSSR count). The van der Waals surface area contributed by atoms with E-state index >= 15 is 0 Å². The Morgan fingerprint density at radius 2 is 2.06 bits per heavy atom. The third-order valence-electron chi connectivity index (χ3n) is 2.54. The summed E-state index contributed by atoms with van der Waals surface area (Å²) in [6.07, 6.45) is 1.65. The predicted molar refractivity (Wildman–Crippen MR) is 77.4 cm³/mol. The Kier molecular flexibility index (Phi) is 3.86. The van der Waals surface area contributed by atoms with Gasteiger partial charge < -0.3 is 5.73 Å². The number of thiazole rings is 1. The van der Waals surface area contributed by atoms with Crippen molar-refractivity contribution in [3.63, 3.8) is 0 Å². The molecule has 88 valence electrons. The lowest BCUT2D eigenvalue weighted by Crippen LogP contribution is -2.10. The third kappa shape index (κ3) is 3.11. The Morgan fingerprint density at radius 1 is 1.35 bits per heavy atom. The maximum absolute atomic E-state index is 5.51. The van der Waals surface area contributed by atoms with Gasteiger partial charge in [-0.15, -0.1) is 11.3 Å². The minimum absolute atomic E-state index is 0.493. The monoisotopic (exact) mass is 262 g/mol. The van der Waals surface area contributed by atoms with E-state index < -0.39 is 0 Å². The van der Waals surface area contributed by atoms with Crippen LogP contribution in [0.2, 0.25) is 0 Å². The predicted octanol–water partition coefficient (Wildman–Crippen LogP) is 3.20. The Bertz CT molecular complexity index is 514. The van der Waals surface area contributed by atoms with E-state index in [4.69, 9.17) is 18.0 Å². The minimum Gasteiger partial charge on any atom is -0.393 e. The highest BCUT2D eigenvalue weighted by Gasteiger charge is 2.05. The van der Waals surface area contributed by atoms with Crippen LogP contribution in [0, 0.1) is 0 Å². The largest absolute Gasteiger partial charge is 0.393 e. The molecule has 0 aliphatic rings. The first-order chi connectivity index (χ1) is 8.19. The van der Waals surface area contributed by atoms with Crippen LogP contribution >= 0.6 is 23.6 Å². The van der Waals surface area contributed by atoms with Crippen molar-refractivity contribution in [3.8, 4) is 11.3 Å². The Balaban J connectivity index is 2.21. The van der Waals surface area contributed by atoms with Crippen LogP contribution in [0.1, 0.15) is 17.5 Å². The van der Waals surface area contributed by atoms with Crippen molar-refractivity contribution in [2.45, 2.75) is 19.8 Å². The molecule has 4 heteroatoms. The van der Waals surface area contributed by atoms with E-state index in [1.807, 2.05) is 0 Å². The average molecular weight is 262 g/mol. The zero-order chi connectivity index (χ0) is 12.3. The van der Waals surface area contributed by atoms with Crippen LogP contribution in [-0.4, -0.2) is 9.97 Å². The van der Waals surface area contributed by atoms with Crippen LogP contribution in [0.25, 0.3) is 11.3 Å². The van der Waals surface area contributed by atoms with Crippen LogP contribution < -0.4 is 5.73 Å². The smallest absolute Gasteiger partial charge is 0.1000 e. The fourth-order valence-electron chi connectivity index (χ4n) is 1.58. The van der Waals surface area contributed by atoms with Gasteiger partial charge >= 0.3 is 0 Å². The standard InChI is InChI=1S/C13H14N2S2/c1-2-9-3-5-10(6-4-9)11-8-17-13(15-11)7-12(14)16/h3-6,8H,2,7H2,1H3,(H2,14,16). The Morgan fingerprint density at radius 3 is 2.65 bits per heavy atom. The Labute approximate surface area is 111 Å². The quantitative estimate of drug-likeness (QED) is 0.860. The molecule has 0 unspecified atom stereocenters. The molecular formula is C13H14N2S2. The molecule has 2 N–H and O–H groups in total. The molecule has 0 radical (unpaired) electrons. The normalized spacial score (nSPS) is 10.4. The van der Waals surface area contributed by atoms with Gasteiger partial charge in [0.25, 0.3) is 0 Å². The average Bonchev–Trinajstić information content (AvgIpc) is 2.77. The van der Waals surface area contributed by atoms with Crippen molar-refractivity contribution in [1.82, 2.24) is 4.98 Å². The number of thiocarbonyl (C=S) groups is 1. The third-order valence-corrected chi connectivity index (χ3v) is 3.53. The van der Waals surface area contributed by atoms with Crippen LogP contribution in [0.15, 0.2) is 29.6 Å². The van der Waals surface area contributed by atoms with E-state index in [1.54, 1.807) is 11.3 Å². The molecule has 2 nitrogen and oxygen atoms in total. The summed E-state index contributed by atoms with van der Waals surface area (Å²) >= 11 is 6.48. The number of hydrogen-bond donors (Lipinski definition) is 1. The van der Waals surface area contributed by atoms with Crippen molar-refractivity contribution in [2.75, 3.05) is 0 Å². The number of hydrogen-bond acceptors (Lipinski definition) is 3. The molecule has 0 saturated heterocycles. The minimum atomic E-state index is 0.493. The summed E-state index contributed by atoms with van der Waals surface area (Å²) in [6, 6.07) is 8.50. The van der Waals surface area contributed by atoms with Gasteiger partial charge in [0.15, 0.2) is 0 Å². The molecule has 17 heavy (non-hydrogen) atoms. The molecule has 2 aromatic rings. The van der Waals surface area contributed by atoms with Gasteiger partial charge in [-0.3, -0.25) is 0 Å². The molecule has 0 spiro atoms. The highest BCUT2D eigenvalue weighted by Crippen LogP contribution is 2.22. The second-order valence-corrected chi connectivity index (χ2v) is 5.29. The number of benzene rings is 1. The van der Waals surface area contributed by atoms with Gasteiger partial charge in [0, 0.05) is 17.4 Å². The SMILES string of the molecule is CCc1ccc(-c2csc(CC(N)=S)n2)cc1. The zero-order valence-corrected chi connectivity index (χ0v) is 11.3. The molecule has 1 aromatic heterocycles. The number of rotatable bonds is 4. The van der Waals surface area contributed by atoms with E-state index in [0.717, 1.165) is 22.7 Å². The summed E-state index contributed by atoms with van der Waals surface area (Å²) in [5.74, 6) is 0. The van der Waals surface area contributed by atoms with E-state index in [1.165, 1.54) is 5.56 Å². The van der Waals surface area contributed by atoms with E-state index in [2.05, 4.69) is 41.6 Å². The first kappa shape index (κ1) is 12.2. The molecule has 1 aromatic carbocycles. The van der Waals surface area contributed by atoms with Gasteiger partial charge in [0.2, 0.25) is 0 Å². The maximum atomic E-state index is 5.51. The molecule has 1 heterocycles.